The smallest absolute Gasteiger partial charge is 0.0350 e. The van der Waals surface area contributed by atoms with Crippen molar-refractivity contribution in [2.24, 2.45) is 5.92 Å². The molecule has 1 unspecified atom stereocenters. The first-order chi connectivity index (χ1) is 8.22. The average Bonchev–Trinajstić information content (AvgIpc) is 2.36. The molecule has 3 heteroatoms. The van der Waals surface area contributed by atoms with Crippen LogP contribution >= 0.6 is 15.9 Å². The van der Waals surface area contributed by atoms with E-state index in [9.17, 15) is 0 Å². The van der Waals surface area contributed by atoms with Crippen LogP contribution in [0.5, 0.6) is 0 Å². The summed E-state index contributed by atoms with van der Waals surface area (Å²) < 4.78 is 1.17. The lowest BCUT2D eigenvalue weighted by atomic mass is 9.84. The van der Waals surface area contributed by atoms with Gasteiger partial charge in [-0.05, 0) is 69.1 Å². The van der Waals surface area contributed by atoms with E-state index in [-0.39, 0.29) is 0 Å². The van der Waals surface area contributed by atoms with Gasteiger partial charge in [-0.2, -0.15) is 0 Å². The van der Waals surface area contributed by atoms with Gasteiger partial charge in [-0.1, -0.05) is 22.0 Å². The van der Waals surface area contributed by atoms with Crippen molar-refractivity contribution in [3.8, 4) is 0 Å². The van der Waals surface area contributed by atoms with Crippen molar-refractivity contribution in [1.82, 2.24) is 10.6 Å². The lowest BCUT2D eigenvalue weighted by molar-refractivity contribution is 0.293. The maximum atomic E-state index is 3.58. The number of hydrogen-bond acceptors (Lipinski definition) is 2. The summed E-state index contributed by atoms with van der Waals surface area (Å²) in [7, 11) is 2.08. The zero-order valence-corrected chi connectivity index (χ0v) is 12.2. The van der Waals surface area contributed by atoms with Gasteiger partial charge in [0.05, 0.1) is 0 Å². The number of benzene rings is 1. The molecule has 0 aliphatic carbocycles. The molecule has 0 aromatic heterocycles. The highest BCUT2D eigenvalue weighted by molar-refractivity contribution is 9.10. The number of rotatable bonds is 3. The van der Waals surface area contributed by atoms with Crippen LogP contribution in [0.25, 0.3) is 0 Å². The van der Waals surface area contributed by atoms with E-state index in [1.807, 2.05) is 0 Å². The van der Waals surface area contributed by atoms with Gasteiger partial charge in [-0.15, -0.1) is 0 Å². The SMILES string of the molecule is CNC(c1cc(Br)ccc1C)C1CCNCC1. The Morgan fingerprint density at radius 2 is 2.06 bits per heavy atom. The predicted molar refractivity (Wildman–Crippen MR) is 76.3 cm³/mol. The van der Waals surface area contributed by atoms with Gasteiger partial charge in [0, 0.05) is 10.5 Å². The molecule has 0 bridgehead atoms. The van der Waals surface area contributed by atoms with Crippen molar-refractivity contribution in [3.05, 3.63) is 33.8 Å². The molecule has 1 aliphatic rings. The van der Waals surface area contributed by atoms with E-state index >= 15 is 0 Å². The minimum absolute atomic E-state index is 0.481. The highest BCUT2D eigenvalue weighted by atomic mass is 79.9. The molecule has 1 aliphatic heterocycles. The summed E-state index contributed by atoms with van der Waals surface area (Å²) in [6.45, 7) is 4.50. The lowest BCUT2D eigenvalue weighted by Gasteiger charge is -2.31. The molecule has 0 amide bonds. The standard InChI is InChI=1S/C14H21BrN2/c1-10-3-4-12(15)9-13(10)14(16-2)11-5-7-17-8-6-11/h3-4,9,11,14,16-17H,5-8H2,1-2H3. The van der Waals surface area contributed by atoms with Crippen LogP contribution in [0.1, 0.15) is 30.0 Å². The Kier molecular flexibility index (Phi) is 4.60. The van der Waals surface area contributed by atoms with Gasteiger partial charge in [-0.3, -0.25) is 0 Å². The van der Waals surface area contributed by atoms with Crippen molar-refractivity contribution >= 4 is 15.9 Å². The van der Waals surface area contributed by atoms with Gasteiger partial charge in [-0.25, -0.2) is 0 Å². The Morgan fingerprint density at radius 3 is 2.71 bits per heavy atom. The van der Waals surface area contributed by atoms with Crippen LogP contribution in [0.2, 0.25) is 0 Å². The zero-order valence-electron chi connectivity index (χ0n) is 10.6. The molecule has 2 rings (SSSR count). The Balaban J connectivity index is 2.24. The van der Waals surface area contributed by atoms with Gasteiger partial charge < -0.3 is 10.6 Å². The fraction of sp³-hybridized carbons (Fsp3) is 0.571. The number of nitrogens with one attached hydrogen (secondary N) is 2. The van der Waals surface area contributed by atoms with Crippen molar-refractivity contribution in [2.75, 3.05) is 20.1 Å². The monoisotopic (exact) mass is 296 g/mol. The van der Waals surface area contributed by atoms with Gasteiger partial charge in [0.25, 0.3) is 0 Å². The van der Waals surface area contributed by atoms with E-state index in [1.54, 1.807) is 0 Å². The summed E-state index contributed by atoms with van der Waals surface area (Å²) in [5.41, 5.74) is 2.82. The van der Waals surface area contributed by atoms with Crippen LogP contribution in [0, 0.1) is 12.8 Å². The van der Waals surface area contributed by atoms with Gasteiger partial charge in [0.2, 0.25) is 0 Å². The fourth-order valence-electron chi connectivity index (χ4n) is 2.77. The van der Waals surface area contributed by atoms with E-state index in [0.29, 0.717) is 6.04 Å². The third kappa shape index (κ3) is 3.09. The van der Waals surface area contributed by atoms with Crippen LogP contribution in [0.3, 0.4) is 0 Å². The van der Waals surface area contributed by atoms with E-state index in [0.717, 1.165) is 19.0 Å². The van der Waals surface area contributed by atoms with Gasteiger partial charge in [0.15, 0.2) is 0 Å². The maximum Gasteiger partial charge on any atom is 0.0350 e. The molecule has 0 saturated carbocycles. The van der Waals surface area contributed by atoms with E-state index in [2.05, 4.69) is 58.7 Å². The van der Waals surface area contributed by atoms with Crippen LogP contribution in [0.4, 0.5) is 0 Å². The van der Waals surface area contributed by atoms with E-state index in [4.69, 9.17) is 0 Å². The largest absolute Gasteiger partial charge is 0.317 e. The summed E-state index contributed by atoms with van der Waals surface area (Å²) >= 11 is 3.58. The van der Waals surface area contributed by atoms with E-state index in [1.165, 1.54) is 28.4 Å². The average molecular weight is 297 g/mol. The number of aryl methyl sites for hydroxylation is 1. The molecule has 2 nitrogen and oxygen atoms in total. The van der Waals surface area contributed by atoms with Crippen LogP contribution in [0.15, 0.2) is 22.7 Å². The summed E-state index contributed by atoms with van der Waals surface area (Å²) in [6, 6.07) is 7.06. The first kappa shape index (κ1) is 13.1. The molecule has 0 spiro atoms. The molecule has 17 heavy (non-hydrogen) atoms. The molecular formula is C14H21BrN2. The highest BCUT2D eigenvalue weighted by Gasteiger charge is 2.24. The fourth-order valence-corrected chi connectivity index (χ4v) is 3.15. The molecule has 1 saturated heterocycles. The highest BCUT2D eigenvalue weighted by Crippen LogP contribution is 2.31. The summed E-state index contributed by atoms with van der Waals surface area (Å²) in [4.78, 5) is 0. The van der Waals surface area contributed by atoms with Crippen molar-refractivity contribution in [1.29, 1.82) is 0 Å². The third-order valence-electron chi connectivity index (χ3n) is 3.74. The molecule has 1 fully saturated rings. The summed E-state index contributed by atoms with van der Waals surface area (Å²) in [6.07, 6.45) is 2.52. The second-order valence-corrected chi connectivity index (χ2v) is 5.77. The maximum absolute atomic E-state index is 3.58. The molecule has 2 N–H and O–H groups in total. The predicted octanol–water partition coefficient (Wildman–Crippen LogP) is 3.02. The Hall–Kier alpha value is -0.380. The molecule has 1 atom stereocenters. The lowest BCUT2D eigenvalue weighted by Crippen LogP contribution is -2.35. The number of halogens is 1. The van der Waals surface area contributed by atoms with Crippen LogP contribution < -0.4 is 10.6 Å². The summed E-state index contributed by atoms with van der Waals surface area (Å²) in [5.74, 6) is 0.745. The van der Waals surface area contributed by atoms with Crippen molar-refractivity contribution in [3.63, 3.8) is 0 Å². The third-order valence-corrected chi connectivity index (χ3v) is 4.24. The Morgan fingerprint density at radius 1 is 1.35 bits per heavy atom. The van der Waals surface area contributed by atoms with Crippen molar-refractivity contribution in [2.45, 2.75) is 25.8 Å². The van der Waals surface area contributed by atoms with Crippen LogP contribution in [-0.4, -0.2) is 20.1 Å². The number of piperidine rings is 1. The van der Waals surface area contributed by atoms with Gasteiger partial charge in [0.1, 0.15) is 0 Å². The minimum Gasteiger partial charge on any atom is -0.317 e. The molecule has 1 aromatic carbocycles. The Bertz CT molecular complexity index is 372. The van der Waals surface area contributed by atoms with Gasteiger partial charge >= 0.3 is 0 Å². The topological polar surface area (TPSA) is 24.1 Å². The quantitative estimate of drug-likeness (QED) is 0.896. The first-order valence-electron chi connectivity index (χ1n) is 6.36. The van der Waals surface area contributed by atoms with E-state index < -0.39 is 0 Å². The minimum atomic E-state index is 0.481. The van der Waals surface area contributed by atoms with Crippen LogP contribution in [-0.2, 0) is 0 Å². The molecule has 94 valence electrons. The molecule has 1 aromatic rings. The second kappa shape index (κ2) is 5.98. The molecule has 0 radical (unpaired) electrons. The normalized spacial score (nSPS) is 19.2. The second-order valence-electron chi connectivity index (χ2n) is 4.85. The zero-order chi connectivity index (χ0) is 12.3. The molecule has 1 heterocycles. The first-order valence-corrected chi connectivity index (χ1v) is 7.15. The summed E-state index contributed by atoms with van der Waals surface area (Å²) in [5, 5.41) is 6.94. The number of hydrogen-bond donors (Lipinski definition) is 2. The van der Waals surface area contributed by atoms with Crippen molar-refractivity contribution < 1.29 is 0 Å². The Labute approximate surface area is 112 Å². The molecular weight excluding hydrogens is 276 g/mol.